The van der Waals surface area contributed by atoms with Gasteiger partial charge in [-0.2, -0.15) is 0 Å². The van der Waals surface area contributed by atoms with Gasteiger partial charge >= 0.3 is 0 Å². The largest absolute Gasteiger partial charge is 0.394 e. The molecule has 1 unspecified atom stereocenters. The first-order valence-electron chi connectivity index (χ1n) is 6.92. The van der Waals surface area contributed by atoms with Crippen molar-refractivity contribution in [1.29, 1.82) is 0 Å². The number of aromatic nitrogens is 4. The van der Waals surface area contributed by atoms with Gasteiger partial charge in [-0.3, -0.25) is 4.57 Å². The van der Waals surface area contributed by atoms with E-state index in [1.54, 1.807) is 9.47 Å². The van der Waals surface area contributed by atoms with Gasteiger partial charge in [0.05, 0.1) is 25.1 Å². The quantitative estimate of drug-likeness (QED) is 0.451. The van der Waals surface area contributed by atoms with Crippen LogP contribution in [0.15, 0.2) is 17.8 Å². The third kappa shape index (κ3) is 2.45. The Morgan fingerprint density at radius 2 is 2.22 bits per heavy atom. The van der Waals surface area contributed by atoms with Crippen molar-refractivity contribution >= 4 is 17.0 Å². The molecule has 0 aliphatic carbocycles. The van der Waals surface area contributed by atoms with Crippen molar-refractivity contribution in [3.05, 3.63) is 23.1 Å². The molecular formula is C12H16N8O3. The van der Waals surface area contributed by atoms with Crippen LogP contribution in [0.1, 0.15) is 6.23 Å². The van der Waals surface area contributed by atoms with E-state index in [0.29, 0.717) is 17.0 Å². The lowest BCUT2D eigenvalue weighted by atomic mass is 10.1. The lowest BCUT2D eigenvalue weighted by Gasteiger charge is -2.17. The number of aliphatic hydroxyl groups excluding tert-OH is 2. The number of fused-ring (bicyclic) bond motifs is 1. The number of hydrogen-bond donors (Lipinski definition) is 2. The second kappa shape index (κ2) is 5.97. The number of azide groups is 1. The van der Waals surface area contributed by atoms with E-state index < -0.39 is 24.5 Å². The second-order valence-corrected chi connectivity index (χ2v) is 5.35. The zero-order chi connectivity index (χ0) is 16.6. The molecule has 0 radical (unpaired) electrons. The zero-order valence-electron chi connectivity index (χ0n) is 12.6. The van der Waals surface area contributed by atoms with Gasteiger partial charge in [-0.25, -0.2) is 15.0 Å². The minimum absolute atomic E-state index is 0.373. The highest BCUT2D eigenvalue weighted by Gasteiger charge is 2.44. The van der Waals surface area contributed by atoms with Crippen molar-refractivity contribution in [2.24, 2.45) is 5.11 Å². The Bertz CT molecular complexity index is 756. The summed E-state index contributed by atoms with van der Waals surface area (Å²) in [7, 11) is 3.67. The summed E-state index contributed by atoms with van der Waals surface area (Å²) in [6.45, 7) is -0.373. The number of aliphatic hydroxyl groups is 2. The molecular weight excluding hydrogens is 304 g/mol. The lowest BCUT2D eigenvalue weighted by Crippen LogP contribution is -2.31. The third-order valence-electron chi connectivity index (χ3n) is 3.74. The minimum Gasteiger partial charge on any atom is -0.394 e. The molecule has 11 heteroatoms. The number of imidazole rings is 1. The highest BCUT2D eigenvalue weighted by molar-refractivity contribution is 5.83. The summed E-state index contributed by atoms with van der Waals surface area (Å²) in [5.41, 5.74) is 9.64. The summed E-state index contributed by atoms with van der Waals surface area (Å²) >= 11 is 0. The Morgan fingerprint density at radius 1 is 1.43 bits per heavy atom. The van der Waals surface area contributed by atoms with Crippen molar-refractivity contribution < 1.29 is 14.9 Å². The number of ether oxygens (including phenoxy) is 1. The molecule has 3 rings (SSSR count). The summed E-state index contributed by atoms with van der Waals surface area (Å²) in [6.07, 6.45) is 0.0907. The van der Waals surface area contributed by atoms with Crippen LogP contribution in [-0.2, 0) is 4.74 Å². The molecule has 1 saturated heterocycles. The van der Waals surface area contributed by atoms with Crippen LogP contribution in [0.5, 0.6) is 0 Å². The molecule has 3 heterocycles. The molecule has 0 spiro atoms. The van der Waals surface area contributed by atoms with E-state index in [4.69, 9.17) is 10.3 Å². The number of rotatable bonds is 4. The number of anilines is 1. The monoisotopic (exact) mass is 320 g/mol. The zero-order valence-corrected chi connectivity index (χ0v) is 12.6. The summed E-state index contributed by atoms with van der Waals surface area (Å²) in [5.74, 6) is 0.631. The average Bonchev–Trinajstić information content (AvgIpc) is 3.09. The van der Waals surface area contributed by atoms with Crippen LogP contribution in [0.25, 0.3) is 21.6 Å². The summed E-state index contributed by atoms with van der Waals surface area (Å²) < 4.78 is 7.17. The van der Waals surface area contributed by atoms with Crippen LogP contribution < -0.4 is 4.90 Å². The molecule has 0 aromatic carbocycles. The van der Waals surface area contributed by atoms with Gasteiger partial charge in [0.2, 0.25) is 0 Å². The van der Waals surface area contributed by atoms with E-state index in [0.717, 1.165) is 0 Å². The first-order valence-corrected chi connectivity index (χ1v) is 6.92. The van der Waals surface area contributed by atoms with Crippen LogP contribution in [0.4, 0.5) is 5.82 Å². The van der Waals surface area contributed by atoms with Gasteiger partial charge < -0.3 is 19.8 Å². The topological polar surface area (TPSA) is 145 Å². The molecule has 0 amide bonds. The van der Waals surface area contributed by atoms with Gasteiger partial charge in [0.15, 0.2) is 23.2 Å². The fourth-order valence-electron chi connectivity index (χ4n) is 2.67. The van der Waals surface area contributed by atoms with Gasteiger partial charge in [0.25, 0.3) is 0 Å². The highest BCUT2D eigenvalue weighted by Crippen LogP contribution is 2.33. The molecule has 2 aromatic rings. The van der Waals surface area contributed by atoms with Gasteiger partial charge in [-0.15, -0.1) is 0 Å². The lowest BCUT2D eigenvalue weighted by molar-refractivity contribution is -0.0488. The maximum atomic E-state index is 10.4. The van der Waals surface area contributed by atoms with E-state index >= 15 is 0 Å². The Hall–Kier alpha value is -2.46. The predicted octanol–water partition coefficient (Wildman–Crippen LogP) is -0.178. The number of hydrogen-bond acceptors (Lipinski definition) is 8. The first-order chi connectivity index (χ1) is 11.1. The van der Waals surface area contributed by atoms with E-state index in [1.165, 1.54) is 12.7 Å². The molecule has 122 valence electrons. The Balaban J connectivity index is 2.04. The fraction of sp³-hybridized carbons (Fsp3) is 0.583. The Labute approximate surface area is 130 Å². The van der Waals surface area contributed by atoms with Crippen LogP contribution in [0.2, 0.25) is 0 Å². The van der Waals surface area contributed by atoms with Crippen LogP contribution in [0, 0.1) is 0 Å². The first kappa shape index (κ1) is 15.4. The highest BCUT2D eigenvalue weighted by atomic mass is 16.5. The molecule has 2 aromatic heterocycles. The summed E-state index contributed by atoms with van der Waals surface area (Å²) in [4.78, 5) is 17.1. The van der Waals surface area contributed by atoms with Crippen molar-refractivity contribution in [3.8, 4) is 0 Å². The van der Waals surface area contributed by atoms with Crippen molar-refractivity contribution in [1.82, 2.24) is 19.5 Å². The molecule has 11 nitrogen and oxygen atoms in total. The number of nitrogens with zero attached hydrogens (tertiary/aromatic N) is 8. The smallest absolute Gasteiger partial charge is 0.167 e. The molecule has 1 aliphatic rings. The van der Waals surface area contributed by atoms with Crippen LogP contribution in [-0.4, -0.2) is 68.7 Å². The normalized spacial score (nSPS) is 27.1. The van der Waals surface area contributed by atoms with E-state index in [2.05, 4.69) is 25.0 Å². The van der Waals surface area contributed by atoms with Crippen molar-refractivity contribution in [2.45, 2.75) is 24.5 Å². The van der Waals surface area contributed by atoms with E-state index in [9.17, 15) is 10.2 Å². The Kier molecular flexibility index (Phi) is 4.01. The van der Waals surface area contributed by atoms with Crippen molar-refractivity contribution in [2.75, 3.05) is 25.6 Å². The maximum Gasteiger partial charge on any atom is 0.167 e. The van der Waals surface area contributed by atoms with E-state index in [-0.39, 0.29) is 6.61 Å². The predicted molar refractivity (Wildman–Crippen MR) is 79.6 cm³/mol. The maximum absolute atomic E-state index is 10.4. The van der Waals surface area contributed by atoms with Gasteiger partial charge in [0, 0.05) is 19.0 Å². The Morgan fingerprint density at radius 3 is 2.87 bits per heavy atom. The molecule has 1 fully saturated rings. The third-order valence-corrected chi connectivity index (χ3v) is 3.74. The van der Waals surface area contributed by atoms with Gasteiger partial charge in [-0.05, 0) is 5.53 Å². The fourth-order valence-corrected chi connectivity index (χ4v) is 2.67. The van der Waals surface area contributed by atoms with Gasteiger partial charge in [-0.1, -0.05) is 5.11 Å². The van der Waals surface area contributed by atoms with Crippen LogP contribution in [0.3, 0.4) is 0 Å². The second-order valence-electron chi connectivity index (χ2n) is 5.35. The van der Waals surface area contributed by atoms with Crippen molar-refractivity contribution in [3.63, 3.8) is 0 Å². The molecule has 4 atom stereocenters. The summed E-state index contributed by atoms with van der Waals surface area (Å²) in [5, 5.41) is 23.3. The van der Waals surface area contributed by atoms with Gasteiger partial charge in [0.1, 0.15) is 12.4 Å². The minimum atomic E-state index is -1.13. The molecule has 23 heavy (non-hydrogen) atoms. The molecule has 0 saturated carbocycles. The molecule has 0 bridgehead atoms. The molecule has 2 N–H and O–H groups in total. The van der Waals surface area contributed by atoms with Crippen LogP contribution >= 0.6 is 0 Å². The molecule has 1 aliphatic heterocycles. The standard InChI is InChI=1S/C12H16N8O3/c1-19(2)10-8-11(15-4-14-10)20(5-16-8)12-9(22)7(17-18-13)6(3-21)23-12/h4-7,9,12,21-22H,3H2,1-2H3/t6-,7?,9+,12-/m1/s1. The average molecular weight is 320 g/mol. The van der Waals surface area contributed by atoms with E-state index in [1.807, 2.05) is 14.1 Å². The summed E-state index contributed by atoms with van der Waals surface area (Å²) in [6, 6.07) is -0.886. The SMILES string of the molecule is CN(C)c1ncnc2c1ncn2[C@@H]1O[C@H](CO)C(N=[N+]=[N-])[C@@H]1O.